The van der Waals surface area contributed by atoms with Crippen LogP contribution in [0.4, 0.5) is 60.5 Å². The maximum Gasteiger partial charge on any atom is 0.150 e. The molecule has 0 aliphatic carbocycles. The van der Waals surface area contributed by atoms with Crippen LogP contribution in [-0.2, 0) is 0 Å². The number of nitrogens with zero attached hydrogens (tertiary/aromatic N) is 2. The van der Waals surface area contributed by atoms with Crippen LogP contribution in [0.1, 0.15) is 11.1 Å². The Morgan fingerprint density at radius 2 is 0.581 bits per heavy atom. The zero-order chi connectivity index (χ0) is 50.8. The maximum absolute atomic E-state index is 16.8. The highest BCUT2D eigenvalue weighted by Crippen LogP contribution is 2.51. The Hall–Kier alpha value is -9.14. The molecule has 0 amide bonds. The van der Waals surface area contributed by atoms with E-state index in [0.717, 1.165) is 54.9 Å². The number of benzene rings is 12. The van der Waals surface area contributed by atoms with Crippen molar-refractivity contribution in [3.05, 3.63) is 264 Å². The van der Waals surface area contributed by atoms with Crippen molar-refractivity contribution in [3.63, 3.8) is 0 Å². The van der Waals surface area contributed by atoms with E-state index in [0.29, 0.717) is 44.4 Å². The third kappa shape index (κ3) is 8.05. The van der Waals surface area contributed by atoms with Crippen LogP contribution in [0, 0.1) is 48.8 Å². The topological polar surface area (TPSA) is 6.48 Å². The molecular formula is C66H42F6N2. The van der Waals surface area contributed by atoms with Crippen molar-refractivity contribution in [3.8, 4) is 44.5 Å². The highest BCUT2D eigenvalue weighted by Gasteiger charge is 2.28. The van der Waals surface area contributed by atoms with Gasteiger partial charge in [-0.1, -0.05) is 146 Å². The molecule has 0 spiro atoms. The van der Waals surface area contributed by atoms with Gasteiger partial charge >= 0.3 is 0 Å². The van der Waals surface area contributed by atoms with E-state index >= 15 is 17.6 Å². The van der Waals surface area contributed by atoms with Gasteiger partial charge in [0.2, 0.25) is 0 Å². The molecule has 8 heteroatoms. The van der Waals surface area contributed by atoms with Gasteiger partial charge in [-0.3, -0.25) is 0 Å². The predicted octanol–water partition coefficient (Wildman–Crippen LogP) is 19.6. The summed E-state index contributed by atoms with van der Waals surface area (Å²) in [7, 11) is 0. The number of hydrogen-bond acceptors (Lipinski definition) is 2. The average Bonchev–Trinajstić information content (AvgIpc) is 3.42. The molecule has 0 radical (unpaired) electrons. The summed E-state index contributed by atoms with van der Waals surface area (Å²) in [5.74, 6) is -2.83. The SMILES string of the molecule is Cc1cccc(N(c2cc(-c3ccc(-c4ccc(F)cc4)cc3)ccc2F)c2cc3cccc4c(N(c5cc(-c6ccc(-c7ccc(F)cc7)cc6)ccc5F)c5cccc(C)c5F)cc5cccc2c5c34)c1F. The van der Waals surface area contributed by atoms with E-state index < -0.39 is 23.3 Å². The van der Waals surface area contributed by atoms with Crippen LogP contribution in [0.5, 0.6) is 0 Å². The summed E-state index contributed by atoms with van der Waals surface area (Å²) in [6, 6.07) is 63.0. The standard InChI is InChI=1S/C66H42F6N2/c1-39-7-3-13-57(65(39)71)73(61-35-47(27-33-55(61)69)45-19-15-41(16-20-45)43-23-29-51(67)30-24-43)59-37-49-9-6-12-54-60(38-50-10-5-11-53(59)63(50)64(49)54)74(58-14-4-8-40(2)66(58)72)62-36-48(28-34-56(62)70)46-21-17-42(18-22-46)44-25-31-52(68)32-26-44/h3-38H,1-2H3. The third-order valence-corrected chi connectivity index (χ3v) is 14.1. The molecule has 12 aromatic carbocycles. The van der Waals surface area contributed by atoms with E-state index in [2.05, 4.69) is 0 Å². The van der Waals surface area contributed by atoms with Crippen LogP contribution in [0.2, 0.25) is 0 Å². The van der Waals surface area contributed by atoms with Crippen LogP contribution in [0.3, 0.4) is 0 Å². The molecule has 12 aromatic rings. The maximum atomic E-state index is 16.8. The first-order chi connectivity index (χ1) is 36.0. The number of aryl methyl sites for hydroxylation is 2. The lowest BCUT2D eigenvalue weighted by molar-refractivity contribution is 0.613. The van der Waals surface area contributed by atoms with E-state index in [-0.39, 0.29) is 34.4 Å². The van der Waals surface area contributed by atoms with Gasteiger partial charge in [-0.05, 0) is 164 Å². The lowest BCUT2D eigenvalue weighted by Gasteiger charge is -2.31. The Morgan fingerprint density at radius 1 is 0.270 bits per heavy atom. The molecule has 358 valence electrons. The molecule has 74 heavy (non-hydrogen) atoms. The molecule has 0 saturated heterocycles. The summed E-state index contributed by atoms with van der Waals surface area (Å²) in [6.45, 7) is 3.35. The van der Waals surface area contributed by atoms with Gasteiger partial charge in [-0.15, -0.1) is 0 Å². The summed E-state index contributed by atoms with van der Waals surface area (Å²) in [5.41, 5.74) is 8.73. The second kappa shape index (κ2) is 18.5. The lowest BCUT2D eigenvalue weighted by Crippen LogP contribution is -2.16. The Labute approximate surface area is 423 Å². The first-order valence-electron chi connectivity index (χ1n) is 24.1. The second-order valence-electron chi connectivity index (χ2n) is 18.6. The van der Waals surface area contributed by atoms with Crippen molar-refractivity contribution < 1.29 is 26.3 Å². The Bertz CT molecular complexity index is 3830. The van der Waals surface area contributed by atoms with Crippen LogP contribution in [0.15, 0.2) is 218 Å². The van der Waals surface area contributed by atoms with Crippen LogP contribution >= 0.6 is 0 Å². The molecular weight excluding hydrogens is 935 g/mol. The fourth-order valence-corrected chi connectivity index (χ4v) is 10.3. The van der Waals surface area contributed by atoms with Gasteiger partial charge in [0.25, 0.3) is 0 Å². The van der Waals surface area contributed by atoms with Crippen molar-refractivity contribution in [2.24, 2.45) is 0 Å². The predicted molar refractivity (Wildman–Crippen MR) is 290 cm³/mol. The van der Waals surface area contributed by atoms with Gasteiger partial charge in [0.05, 0.1) is 34.1 Å². The van der Waals surface area contributed by atoms with Crippen molar-refractivity contribution in [2.75, 3.05) is 9.80 Å². The molecule has 0 saturated carbocycles. The fourth-order valence-electron chi connectivity index (χ4n) is 10.3. The summed E-state index contributed by atoms with van der Waals surface area (Å²) < 4.78 is 94.7. The molecule has 2 nitrogen and oxygen atoms in total. The van der Waals surface area contributed by atoms with E-state index in [9.17, 15) is 8.78 Å². The minimum absolute atomic E-state index is 0.117. The summed E-state index contributed by atoms with van der Waals surface area (Å²) in [4.78, 5) is 3.28. The number of halogens is 6. The summed E-state index contributed by atoms with van der Waals surface area (Å²) >= 11 is 0. The molecule has 0 atom stereocenters. The molecule has 0 aliphatic heterocycles. The Balaban J connectivity index is 1.04. The fraction of sp³-hybridized carbons (Fsp3) is 0.0303. The highest BCUT2D eigenvalue weighted by atomic mass is 19.1. The molecule has 0 N–H and O–H groups in total. The van der Waals surface area contributed by atoms with Gasteiger partial charge in [0, 0.05) is 10.8 Å². The summed E-state index contributed by atoms with van der Waals surface area (Å²) in [6.07, 6.45) is 0. The Kier molecular flexibility index (Phi) is 11.5. The van der Waals surface area contributed by atoms with Gasteiger partial charge in [0.1, 0.15) is 34.9 Å². The average molecular weight is 977 g/mol. The molecule has 0 unspecified atom stereocenters. The van der Waals surface area contributed by atoms with E-state index in [4.69, 9.17) is 0 Å². The molecule has 0 heterocycles. The zero-order valence-corrected chi connectivity index (χ0v) is 39.9. The number of hydrogen-bond donors (Lipinski definition) is 0. The first kappa shape index (κ1) is 46.0. The van der Waals surface area contributed by atoms with Gasteiger partial charge in [-0.25, -0.2) is 26.3 Å². The van der Waals surface area contributed by atoms with Crippen LogP contribution in [0.25, 0.3) is 76.8 Å². The number of anilines is 6. The van der Waals surface area contributed by atoms with Crippen LogP contribution < -0.4 is 9.80 Å². The molecule has 12 rings (SSSR count). The lowest BCUT2D eigenvalue weighted by atomic mass is 9.90. The molecule has 0 bridgehead atoms. The normalized spacial score (nSPS) is 11.5. The highest BCUT2D eigenvalue weighted by molar-refractivity contribution is 6.29. The summed E-state index contributed by atoms with van der Waals surface area (Å²) in [5, 5.41) is 4.44. The van der Waals surface area contributed by atoms with Crippen molar-refractivity contribution in [1.29, 1.82) is 0 Å². The third-order valence-electron chi connectivity index (χ3n) is 14.1. The smallest absolute Gasteiger partial charge is 0.150 e. The van der Waals surface area contributed by atoms with Gasteiger partial charge in [0.15, 0.2) is 0 Å². The second-order valence-corrected chi connectivity index (χ2v) is 18.6. The molecule has 0 aliphatic rings. The van der Waals surface area contributed by atoms with Crippen molar-refractivity contribution in [2.45, 2.75) is 13.8 Å². The minimum atomic E-state index is -0.575. The monoisotopic (exact) mass is 976 g/mol. The largest absolute Gasteiger partial charge is 0.304 e. The molecule has 0 aromatic heterocycles. The minimum Gasteiger partial charge on any atom is -0.304 e. The van der Waals surface area contributed by atoms with Crippen molar-refractivity contribution in [1.82, 2.24) is 0 Å². The number of rotatable bonds is 10. The zero-order valence-electron chi connectivity index (χ0n) is 39.9. The van der Waals surface area contributed by atoms with Crippen LogP contribution in [-0.4, -0.2) is 0 Å². The van der Waals surface area contributed by atoms with Gasteiger partial charge < -0.3 is 9.80 Å². The molecule has 0 fully saturated rings. The quantitative estimate of drug-likeness (QED) is 0.0995. The van der Waals surface area contributed by atoms with E-state index in [1.54, 1.807) is 109 Å². The van der Waals surface area contributed by atoms with Crippen molar-refractivity contribution >= 4 is 66.4 Å². The van der Waals surface area contributed by atoms with Gasteiger partial charge in [-0.2, -0.15) is 0 Å². The van der Waals surface area contributed by atoms with E-state index in [1.165, 1.54) is 36.4 Å². The Morgan fingerprint density at radius 3 is 0.946 bits per heavy atom. The van der Waals surface area contributed by atoms with E-state index in [1.807, 2.05) is 97.1 Å². The first-order valence-corrected chi connectivity index (χ1v) is 24.1.